The normalized spacial score (nSPS) is 20.2. The number of likely N-dealkylation sites (N-methyl/N-ethyl adjacent to an activating group) is 1. The molecule has 0 bridgehead atoms. The molecule has 100 valence electrons. The van der Waals surface area contributed by atoms with Crippen LogP contribution in [0.4, 0.5) is 11.4 Å². The average Bonchev–Trinajstić information content (AvgIpc) is 2.85. The van der Waals surface area contributed by atoms with Gasteiger partial charge in [-0.3, -0.25) is 4.90 Å². The van der Waals surface area contributed by atoms with Crippen molar-refractivity contribution >= 4 is 11.4 Å². The first-order valence-corrected chi connectivity index (χ1v) is 6.50. The Kier molecular flexibility index (Phi) is 4.44. The van der Waals surface area contributed by atoms with Crippen LogP contribution < -0.4 is 10.6 Å². The summed E-state index contributed by atoms with van der Waals surface area (Å²) in [5.74, 6) is 0. The SMILES string of the molecule is COCCN1CCC(N(C)c2ccc(N)cc2)C1. The molecule has 0 amide bonds. The maximum Gasteiger partial charge on any atom is 0.0589 e. The molecule has 0 aliphatic carbocycles. The van der Waals surface area contributed by atoms with Crippen molar-refractivity contribution in [2.75, 3.05) is 51.0 Å². The minimum absolute atomic E-state index is 0.588. The fourth-order valence-corrected chi connectivity index (χ4v) is 2.47. The van der Waals surface area contributed by atoms with Crippen molar-refractivity contribution in [3.63, 3.8) is 0 Å². The third kappa shape index (κ3) is 3.15. The standard InChI is InChI=1S/C14H23N3O/c1-16(13-5-3-12(15)4-6-13)14-7-8-17(11-14)9-10-18-2/h3-6,14H,7-11,15H2,1-2H3. The number of nitrogen functional groups attached to an aromatic ring is 1. The molecule has 1 fully saturated rings. The van der Waals surface area contributed by atoms with Crippen LogP contribution in [0, 0.1) is 0 Å². The van der Waals surface area contributed by atoms with E-state index in [1.807, 2.05) is 12.1 Å². The van der Waals surface area contributed by atoms with Crippen LogP contribution in [-0.2, 0) is 4.74 Å². The Morgan fingerprint density at radius 2 is 2.11 bits per heavy atom. The zero-order valence-corrected chi connectivity index (χ0v) is 11.3. The molecular formula is C14H23N3O. The molecule has 2 rings (SSSR count). The summed E-state index contributed by atoms with van der Waals surface area (Å²) >= 11 is 0. The number of hydrogen-bond acceptors (Lipinski definition) is 4. The van der Waals surface area contributed by atoms with Crippen LogP contribution >= 0.6 is 0 Å². The fraction of sp³-hybridized carbons (Fsp3) is 0.571. The van der Waals surface area contributed by atoms with Crippen molar-refractivity contribution in [1.82, 2.24) is 4.90 Å². The fourth-order valence-electron chi connectivity index (χ4n) is 2.47. The van der Waals surface area contributed by atoms with Gasteiger partial charge in [-0.05, 0) is 30.7 Å². The van der Waals surface area contributed by atoms with E-state index in [2.05, 4.69) is 29.0 Å². The lowest BCUT2D eigenvalue weighted by molar-refractivity contribution is 0.160. The van der Waals surface area contributed by atoms with Crippen LogP contribution in [0.3, 0.4) is 0 Å². The Morgan fingerprint density at radius 1 is 1.39 bits per heavy atom. The second-order valence-electron chi connectivity index (χ2n) is 4.94. The van der Waals surface area contributed by atoms with Crippen LogP contribution in [0.15, 0.2) is 24.3 Å². The molecule has 0 radical (unpaired) electrons. The number of nitrogens with two attached hydrogens (primary N) is 1. The Labute approximate surface area is 109 Å². The monoisotopic (exact) mass is 249 g/mol. The number of rotatable bonds is 5. The smallest absolute Gasteiger partial charge is 0.0589 e. The number of nitrogens with zero attached hydrogens (tertiary/aromatic N) is 2. The molecular weight excluding hydrogens is 226 g/mol. The van der Waals surface area contributed by atoms with E-state index in [1.54, 1.807) is 7.11 Å². The van der Waals surface area contributed by atoms with Crippen molar-refractivity contribution < 1.29 is 4.74 Å². The molecule has 0 saturated carbocycles. The van der Waals surface area contributed by atoms with Crippen molar-refractivity contribution in [1.29, 1.82) is 0 Å². The van der Waals surface area contributed by atoms with E-state index in [9.17, 15) is 0 Å². The minimum atomic E-state index is 0.588. The maximum absolute atomic E-state index is 5.72. The van der Waals surface area contributed by atoms with Crippen molar-refractivity contribution in [3.8, 4) is 0 Å². The van der Waals surface area contributed by atoms with Gasteiger partial charge in [0, 0.05) is 51.2 Å². The van der Waals surface area contributed by atoms with E-state index < -0.39 is 0 Å². The van der Waals surface area contributed by atoms with Crippen LogP contribution in [0.25, 0.3) is 0 Å². The average molecular weight is 249 g/mol. The van der Waals surface area contributed by atoms with Gasteiger partial charge < -0.3 is 15.4 Å². The van der Waals surface area contributed by atoms with Gasteiger partial charge >= 0.3 is 0 Å². The largest absolute Gasteiger partial charge is 0.399 e. The maximum atomic E-state index is 5.72. The second-order valence-corrected chi connectivity index (χ2v) is 4.94. The summed E-state index contributed by atoms with van der Waals surface area (Å²) in [4.78, 5) is 4.81. The molecule has 1 atom stereocenters. The number of benzene rings is 1. The van der Waals surface area contributed by atoms with Gasteiger partial charge in [0.25, 0.3) is 0 Å². The summed E-state index contributed by atoms with van der Waals surface area (Å²) in [6.07, 6.45) is 1.21. The van der Waals surface area contributed by atoms with Gasteiger partial charge in [-0.25, -0.2) is 0 Å². The molecule has 18 heavy (non-hydrogen) atoms. The molecule has 4 nitrogen and oxygen atoms in total. The highest BCUT2D eigenvalue weighted by Gasteiger charge is 2.25. The Bertz CT molecular complexity index is 366. The Balaban J connectivity index is 1.90. The lowest BCUT2D eigenvalue weighted by atomic mass is 10.2. The summed E-state index contributed by atoms with van der Waals surface area (Å²) in [5, 5.41) is 0. The number of methoxy groups -OCH3 is 1. The third-order valence-corrected chi connectivity index (χ3v) is 3.71. The first kappa shape index (κ1) is 13.2. The highest BCUT2D eigenvalue weighted by Crippen LogP contribution is 2.22. The third-order valence-electron chi connectivity index (χ3n) is 3.71. The molecule has 1 aromatic rings. The van der Waals surface area contributed by atoms with Gasteiger partial charge in [0.05, 0.1) is 6.61 Å². The summed E-state index contributed by atoms with van der Waals surface area (Å²) < 4.78 is 5.13. The van der Waals surface area contributed by atoms with E-state index >= 15 is 0 Å². The first-order valence-electron chi connectivity index (χ1n) is 6.50. The highest BCUT2D eigenvalue weighted by atomic mass is 16.5. The van der Waals surface area contributed by atoms with Crippen LogP contribution in [0.1, 0.15) is 6.42 Å². The number of likely N-dealkylation sites (tertiary alicyclic amines) is 1. The molecule has 1 aliphatic heterocycles. The van der Waals surface area contributed by atoms with Gasteiger partial charge in [0.1, 0.15) is 0 Å². The molecule has 4 heteroatoms. The van der Waals surface area contributed by atoms with Gasteiger partial charge in [-0.2, -0.15) is 0 Å². The summed E-state index contributed by atoms with van der Waals surface area (Å²) in [6, 6.07) is 8.69. The molecule has 1 aromatic carbocycles. The zero-order chi connectivity index (χ0) is 13.0. The number of ether oxygens (including phenoxy) is 1. The topological polar surface area (TPSA) is 41.7 Å². The summed E-state index contributed by atoms with van der Waals surface area (Å²) in [5.41, 5.74) is 7.77. The second kappa shape index (κ2) is 6.07. The van der Waals surface area contributed by atoms with Crippen molar-refractivity contribution in [2.45, 2.75) is 12.5 Å². The van der Waals surface area contributed by atoms with Crippen molar-refractivity contribution in [2.24, 2.45) is 0 Å². The van der Waals surface area contributed by atoms with E-state index in [1.165, 1.54) is 12.1 Å². The van der Waals surface area contributed by atoms with Gasteiger partial charge in [-0.15, -0.1) is 0 Å². The zero-order valence-electron chi connectivity index (χ0n) is 11.3. The molecule has 1 aliphatic rings. The van der Waals surface area contributed by atoms with Crippen LogP contribution in [-0.4, -0.2) is 51.3 Å². The summed E-state index contributed by atoms with van der Waals surface area (Å²) in [7, 11) is 3.92. The van der Waals surface area contributed by atoms with E-state index in [0.29, 0.717) is 6.04 Å². The lowest BCUT2D eigenvalue weighted by Crippen LogP contribution is -2.35. The van der Waals surface area contributed by atoms with E-state index in [-0.39, 0.29) is 0 Å². The molecule has 1 saturated heterocycles. The van der Waals surface area contributed by atoms with Crippen molar-refractivity contribution in [3.05, 3.63) is 24.3 Å². The first-order chi connectivity index (χ1) is 8.70. The van der Waals surface area contributed by atoms with Crippen LogP contribution in [0.2, 0.25) is 0 Å². The van der Waals surface area contributed by atoms with Gasteiger partial charge in [0.15, 0.2) is 0 Å². The molecule has 1 unspecified atom stereocenters. The lowest BCUT2D eigenvalue weighted by Gasteiger charge is -2.27. The predicted molar refractivity (Wildman–Crippen MR) is 76.0 cm³/mol. The van der Waals surface area contributed by atoms with Gasteiger partial charge in [-0.1, -0.05) is 0 Å². The highest BCUT2D eigenvalue weighted by molar-refractivity contribution is 5.53. The van der Waals surface area contributed by atoms with E-state index in [0.717, 1.165) is 31.9 Å². The molecule has 1 heterocycles. The number of anilines is 2. The Hall–Kier alpha value is -1.26. The molecule has 0 aromatic heterocycles. The Morgan fingerprint density at radius 3 is 2.78 bits per heavy atom. The van der Waals surface area contributed by atoms with E-state index in [4.69, 9.17) is 10.5 Å². The van der Waals surface area contributed by atoms with Crippen LogP contribution in [0.5, 0.6) is 0 Å². The quantitative estimate of drug-likeness (QED) is 0.802. The molecule has 2 N–H and O–H groups in total. The minimum Gasteiger partial charge on any atom is -0.399 e. The molecule has 0 spiro atoms. The summed E-state index contributed by atoms with van der Waals surface area (Å²) in [6.45, 7) is 4.12. The van der Waals surface area contributed by atoms with Gasteiger partial charge in [0.2, 0.25) is 0 Å². The number of hydrogen-bond donors (Lipinski definition) is 1. The predicted octanol–water partition coefficient (Wildman–Crippen LogP) is 1.43.